The maximum atomic E-state index is 13.9. The molecule has 1 aromatic rings. The average molecular weight is 328 g/mol. The van der Waals surface area contributed by atoms with Crippen LogP contribution in [0.4, 0.5) is 22.0 Å². The van der Waals surface area contributed by atoms with Crippen LogP contribution in [0.3, 0.4) is 0 Å². The SMILES string of the molecule is CC1(F)CCN(Cc2cc(C(F)(F)F)cc(Cl)c2F)CC1. The number of hydrogen-bond donors (Lipinski definition) is 0. The first-order chi connectivity index (χ1) is 9.58. The highest BCUT2D eigenvalue weighted by Crippen LogP contribution is 2.34. The molecule has 0 saturated carbocycles. The van der Waals surface area contributed by atoms with Crippen molar-refractivity contribution < 1.29 is 22.0 Å². The van der Waals surface area contributed by atoms with Crippen LogP contribution in [-0.2, 0) is 12.7 Å². The van der Waals surface area contributed by atoms with Crippen molar-refractivity contribution in [2.45, 2.75) is 38.2 Å². The molecule has 7 heteroatoms. The van der Waals surface area contributed by atoms with Gasteiger partial charge >= 0.3 is 6.18 Å². The Kier molecular flexibility index (Phi) is 4.49. The smallest absolute Gasteiger partial charge is 0.299 e. The van der Waals surface area contributed by atoms with Crippen LogP contribution in [0, 0.1) is 5.82 Å². The summed E-state index contributed by atoms with van der Waals surface area (Å²) in [5.74, 6) is -0.849. The quantitative estimate of drug-likeness (QED) is 0.704. The average Bonchev–Trinajstić information content (AvgIpc) is 2.35. The largest absolute Gasteiger partial charge is 0.416 e. The Morgan fingerprint density at radius 3 is 2.33 bits per heavy atom. The van der Waals surface area contributed by atoms with E-state index >= 15 is 0 Å². The Balaban J connectivity index is 2.18. The lowest BCUT2D eigenvalue weighted by Crippen LogP contribution is -2.39. The van der Waals surface area contributed by atoms with E-state index < -0.39 is 28.2 Å². The summed E-state index contributed by atoms with van der Waals surface area (Å²) in [6.45, 7) is 2.23. The number of alkyl halides is 4. The topological polar surface area (TPSA) is 3.24 Å². The first-order valence-corrected chi connectivity index (χ1v) is 6.93. The van der Waals surface area contributed by atoms with Crippen molar-refractivity contribution >= 4 is 11.6 Å². The van der Waals surface area contributed by atoms with E-state index in [0.717, 1.165) is 6.07 Å². The Labute approximate surface area is 124 Å². The van der Waals surface area contributed by atoms with Gasteiger partial charge in [0, 0.05) is 25.2 Å². The third-order valence-electron chi connectivity index (χ3n) is 3.72. The van der Waals surface area contributed by atoms with E-state index in [0.29, 0.717) is 19.2 Å². The minimum absolute atomic E-state index is 0.00838. The van der Waals surface area contributed by atoms with Gasteiger partial charge in [-0.3, -0.25) is 4.90 Å². The van der Waals surface area contributed by atoms with Crippen molar-refractivity contribution in [3.63, 3.8) is 0 Å². The molecule has 0 spiro atoms. The normalized spacial score (nSPS) is 19.8. The standard InChI is InChI=1S/C14H15ClF5N/c1-13(17)2-4-21(5-3-13)8-9-6-10(14(18,19)20)7-11(15)12(9)16/h6-7H,2-5,8H2,1H3. The van der Waals surface area contributed by atoms with Crippen LogP contribution in [0.1, 0.15) is 30.9 Å². The summed E-state index contributed by atoms with van der Waals surface area (Å²) < 4.78 is 65.7. The van der Waals surface area contributed by atoms with E-state index in [9.17, 15) is 22.0 Å². The lowest BCUT2D eigenvalue weighted by Gasteiger charge is -2.34. The molecular weight excluding hydrogens is 313 g/mol. The second-order valence-electron chi connectivity index (χ2n) is 5.62. The monoisotopic (exact) mass is 327 g/mol. The van der Waals surface area contributed by atoms with Crippen molar-refractivity contribution in [2.75, 3.05) is 13.1 Å². The number of benzene rings is 1. The summed E-state index contributed by atoms with van der Waals surface area (Å²) in [5.41, 5.74) is -2.35. The van der Waals surface area contributed by atoms with Crippen LogP contribution >= 0.6 is 11.6 Å². The van der Waals surface area contributed by atoms with Gasteiger partial charge in [-0.05, 0) is 31.9 Å². The van der Waals surface area contributed by atoms with Gasteiger partial charge in [0.25, 0.3) is 0 Å². The van der Waals surface area contributed by atoms with Crippen molar-refractivity contribution in [3.8, 4) is 0 Å². The Bertz CT molecular complexity index is 517. The molecule has 0 unspecified atom stereocenters. The van der Waals surface area contributed by atoms with Gasteiger partial charge in [-0.15, -0.1) is 0 Å². The second-order valence-corrected chi connectivity index (χ2v) is 6.03. The summed E-state index contributed by atoms with van der Waals surface area (Å²) in [4.78, 5) is 1.73. The number of piperidine rings is 1. The van der Waals surface area contributed by atoms with Gasteiger partial charge in [-0.2, -0.15) is 13.2 Å². The van der Waals surface area contributed by atoms with Gasteiger partial charge in [0.2, 0.25) is 0 Å². The molecule has 1 aromatic carbocycles. The molecule has 0 aromatic heterocycles. The lowest BCUT2D eigenvalue weighted by molar-refractivity contribution is -0.137. The Hall–Kier alpha value is -0.880. The minimum Gasteiger partial charge on any atom is -0.299 e. The number of nitrogens with zero attached hydrogens (tertiary/aromatic N) is 1. The van der Waals surface area contributed by atoms with E-state index in [1.807, 2.05) is 0 Å². The van der Waals surface area contributed by atoms with Crippen molar-refractivity contribution in [1.82, 2.24) is 4.90 Å². The van der Waals surface area contributed by atoms with Crippen LogP contribution in [0.5, 0.6) is 0 Å². The molecule has 1 nitrogen and oxygen atoms in total. The molecule has 0 N–H and O–H groups in total. The minimum atomic E-state index is -4.58. The molecular formula is C14H15ClF5N. The third kappa shape index (κ3) is 4.07. The number of rotatable bonds is 2. The fraction of sp³-hybridized carbons (Fsp3) is 0.571. The van der Waals surface area contributed by atoms with Crippen molar-refractivity contribution in [1.29, 1.82) is 0 Å². The fourth-order valence-electron chi connectivity index (χ4n) is 2.34. The highest BCUT2D eigenvalue weighted by atomic mass is 35.5. The highest BCUT2D eigenvalue weighted by Gasteiger charge is 2.33. The summed E-state index contributed by atoms with van der Waals surface area (Å²) in [6.07, 6.45) is -4.02. The Morgan fingerprint density at radius 1 is 1.24 bits per heavy atom. The van der Waals surface area contributed by atoms with Gasteiger partial charge in [0.15, 0.2) is 0 Å². The molecule has 0 amide bonds. The van der Waals surface area contributed by atoms with Crippen molar-refractivity contribution in [3.05, 3.63) is 34.1 Å². The molecule has 1 fully saturated rings. The number of hydrogen-bond acceptors (Lipinski definition) is 1. The zero-order valence-corrected chi connectivity index (χ0v) is 12.2. The number of halogens is 6. The summed E-state index contributed by atoms with van der Waals surface area (Å²) in [7, 11) is 0. The zero-order valence-electron chi connectivity index (χ0n) is 11.4. The maximum Gasteiger partial charge on any atom is 0.416 e. The molecule has 1 aliphatic rings. The first-order valence-electron chi connectivity index (χ1n) is 6.55. The lowest BCUT2D eigenvalue weighted by atomic mass is 9.95. The van der Waals surface area contributed by atoms with Gasteiger partial charge in [-0.1, -0.05) is 11.6 Å². The van der Waals surface area contributed by atoms with Gasteiger partial charge < -0.3 is 0 Å². The molecule has 21 heavy (non-hydrogen) atoms. The molecule has 0 radical (unpaired) electrons. The molecule has 1 aliphatic heterocycles. The van der Waals surface area contributed by atoms with Gasteiger partial charge in [-0.25, -0.2) is 8.78 Å². The van der Waals surface area contributed by atoms with Gasteiger partial charge in [0.1, 0.15) is 11.5 Å². The van der Waals surface area contributed by atoms with E-state index in [1.54, 1.807) is 4.90 Å². The molecule has 0 bridgehead atoms. The van der Waals surface area contributed by atoms with Crippen LogP contribution < -0.4 is 0 Å². The molecule has 2 rings (SSSR count). The molecule has 0 atom stereocenters. The van der Waals surface area contributed by atoms with E-state index in [4.69, 9.17) is 11.6 Å². The zero-order chi connectivity index (χ0) is 15.8. The Morgan fingerprint density at radius 2 is 1.81 bits per heavy atom. The molecule has 1 heterocycles. The molecule has 118 valence electrons. The van der Waals surface area contributed by atoms with Crippen LogP contribution in [0.2, 0.25) is 5.02 Å². The maximum absolute atomic E-state index is 13.9. The van der Waals surface area contributed by atoms with Crippen LogP contribution in [0.15, 0.2) is 12.1 Å². The highest BCUT2D eigenvalue weighted by molar-refractivity contribution is 6.30. The summed E-state index contributed by atoms with van der Waals surface area (Å²) >= 11 is 5.53. The first kappa shape index (κ1) is 16.5. The van der Waals surface area contributed by atoms with E-state index in [1.165, 1.54) is 6.92 Å². The second kappa shape index (κ2) is 5.72. The van der Waals surface area contributed by atoms with Gasteiger partial charge in [0.05, 0.1) is 10.6 Å². The van der Waals surface area contributed by atoms with Crippen molar-refractivity contribution in [2.24, 2.45) is 0 Å². The van der Waals surface area contributed by atoms with E-state index in [-0.39, 0.29) is 24.9 Å². The predicted molar refractivity (Wildman–Crippen MR) is 70.4 cm³/mol. The summed E-state index contributed by atoms with van der Waals surface area (Å²) in [5, 5.41) is -0.549. The fourth-order valence-corrected chi connectivity index (χ4v) is 2.58. The van der Waals surface area contributed by atoms with Crippen LogP contribution in [0.25, 0.3) is 0 Å². The molecule has 0 aliphatic carbocycles. The molecule has 1 saturated heterocycles. The van der Waals surface area contributed by atoms with Crippen LogP contribution in [-0.4, -0.2) is 23.7 Å². The number of likely N-dealkylation sites (tertiary alicyclic amines) is 1. The third-order valence-corrected chi connectivity index (χ3v) is 4.00. The predicted octanol–water partition coefficient (Wildman–Crippen LogP) is 4.82. The van der Waals surface area contributed by atoms with E-state index in [2.05, 4.69) is 0 Å². The summed E-state index contributed by atoms with van der Waals surface area (Å²) in [6, 6.07) is 1.35.